The number of halogens is 1. The van der Waals surface area contributed by atoms with Gasteiger partial charge in [0, 0.05) is 30.5 Å². The molecule has 2 rings (SSSR count). The molecule has 1 heterocycles. The van der Waals surface area contributed by atoms with Crippen molar-refractivity contribution < 1.29 is 18.9 Å². The number of benzene rings is 1. The van der Waals surface area contributed by atoms with E-state index in [2.05, 4.69) is 0 Å². The van der Waals surface area contributed by atoms with Crippen molar-refractivity contribution in [3.8, 4) is 0 Å². The Labute approximate surface area is 129 Å². The second-order valence-electron chi connectivity index (χ2n) is 5.07. The monoisotopic (exact) mass is 300 g/mol. The van der Waals surface area contributed by atoms with Crippen LogP contribution in [0.4, 0.5) is 4.39 Å². The zero-order valence-electron chi connectivity index (χ0n) is 12.3. The largest absolute Gasteiger partial charge is 0.481 e. The number of nitrogens with zero attached hydrogens (tertiary/aromatic N) is 1. The zero-order chi connectivity index (χ0) is 15.8. The molecule has 1 aromatic carbocycles. The Kier molecular flexibility index (Phi) is 5.83. The maximum Gasteiger partial charge on any atom is 0.303 e. The van der Waals surface area contributed by atoms with Gasteiger partial charge in [0.25, 0.3) is 0 Å². The van der Waals surface area contributed by atoms with Gasteiger partial charge in [0.05, 0.1) is 0 Å². The molecule has 4 heteroatoms. The summed E-state index contributed by atoms with van der Waals surface area (Å²) in [6.45, 7) is 0.796. The van der Waals surface area contributed by atoms with Crippen LogP contribution in [0.5, 0.6) is 0 Å². The van der Waals surface area contributed by atoms with Crippen molar-refractivity contribution in [1.82, 2.24) is 0 Å². The summed E-state index contributed by atoms with van der Waals surface area (Å²) in [5.74, 6) is -0.984. The highest BCUT2D eigenvalue weighted by Gasteiger charge is 2.02. The van der Waals surface area contributed by atoms with Gasteiger partial charge in [0.1, 0.15) is 12.4 Å². The van der Waals surface area contributed by atoms with Crippen LogP contribution in [0, 0.1) is 5.82 Å². The van der Waals surface area contributed by atoms with Crippen molar-refractivity contribution >= 4 is 18.1 Å². The van der Waals surface area contributed by atoms with Gasteiger partial charge in [-0.2, -0.15) is 0 Å². The first-order chi connectivity index (χ1) is 10.6. The Bertz CT molecular complexity index is 650. The molecule has 3 nitrogen and oxygen atoms in total. The molecule has 1 aromatic heterocycles. The summed E-state index contributed by atoms with van der Waals surface area (Å²) in [5.41, 5.74) is 1.55. The number of aromatic nitrogens is 1. The summed E-state index contributed by atoms with van der Waals surface area (Å²) in [4.78, 5) is 10.4. The quantitative estimate of drug-likeness (QED) is 0.627. The molecule has 0 aliphatic carbocycles. The third-order valence-electron chi connectivity index (χ3n) is 3.33. The van der Waals surface area contributed by atoms with Crippen LogP contribution in [0.3, 0.4) is 0 Å². The minimum absolute atomic E-state index is 0.212. The van der Waals surface area contributed by atoms with Gasteiger partial charge in [-0.3, -0.25) is 4.79 Å². The molecule has 0 spiro atoms. The van der Waals surface area contributed by atoms with E-state index < -0.39 is 5.97 Å². The van der Waals surface area contributed by atoms with Crippen LogP contribution in [0.25, 0.3) is 12.2 Å². The maximum atomic E-state index is 13.5. The van der Waals surface area contributed by atoms with Gasteiger partial charge < -0.3 is 5.11 Å². The Morgan fingerprint density at radius 1 is 1.09 bits per heavy atom. The number of pyridine rings is 1. The first-order valence-corrected chi connectivity index (χ1v) is 7.28. The van der Waals surface area contributed by atoms with Crippen LogP contribution < -0.4 is 4.57 Å². The van der Waals surface area contributed by atoms with E-state index in [1.54, 1.807) is 24.3 Å². The summed E-state index contributed by atoms with van der Waals surface area (Å²) in [6.07, 6.45) is 9.24. The van der Waals surface area contributed by atoms with Crippen molar-refractivity contribution in [2.24, 2.45) is 0 Å². The van der Waals surface area contributed by atoms with Gasteiger partial charge in [-0.05, 0) is 18.1 Å². The number of hydrogen-bond acceptors (Lipinski definition) is 1. The molecular formula is C18H19FNO2+. The van der Waals surface area contributed by atoms with E-state index in [-0.39, 0.29) is 12.2 Å². The SMILES string of the molecule is O=C(O)CCCC[n+]1ccc(/C=C\c2ccccc2F)cc1. The summed E-state index contributed by atoms with van der Waals surface area (Å²) >= 11 is 0. The van der Waals surface area contributed by atoms with Crippen molar-refractivity contribution in [2.75, 3.05) is 0 Å². The molecule has 0 radical (unpaired) electrons. The number of rotatable bonds is 7. The molecule has 0 amide bonds. The van der Waals surface area contributed by atoms with Gasteiger partial charge in [0.15, 0.2) is 12.4 Å². The Morgan fingerprint density at radius 2 is 1.82 bits per heavy atom. The lowest BCUT2D eigenvalue weighted by Gasteiger charge is -1.98. The number of carboxylic acids is 1. The lowest BCUT2D eigenvalue weighted by molar-refractivity contribution is -0.697. The number of aryl methyl sites for hydroxylation is 1. The van der Waals surface area contributed by atoms with Crippen molar-refractivity contribution in [1.29, 1.82) is 0 Å². The second-order valence-corrected chi connectivity index (χ2v) is 5.07. The second kappa shape index (κ2) is 8.08. The Balaban J connectivity index is 1.89. The summed E-state index contributed by atoms with van der Waals surface area (Å²) < 4.78 is 15.5. The van der Waals surface area contributed by atoms with E-state index in [1.165, 1.54) is 6.07 Å². The van der Waals surface area contributed by atoms with Crippen LogP contribution in [0.2, 0.25) is 0 Å². The predicted molar refractivity (Wildman–Crippen MR) is 83.5 cm³/mol. The van der Waals surface area contributed by atoms with Gasteiger partial charge in [0.2, 0.25) is 0 Å². The lowest BCUT2D eigenvalue weighted by atomic mass is 10.1. The minimum atomic E-state index is -0.751. The molecule has 0 unspecified atom stereocenters. The zero-order valence-corrected chi connectivity index (χ0v) is 12.3. The van der Waals surface area contributed by atoms with Gasteiger partial charge >= 0.3 is 5.97 Å². The van der Waals surface area contributed by atoms with Crippen LogP contribution in [0.1, 0.15) is 30.4 Å². The highest BCUT2D eigenvalue weighted by atomic mass is 19.1. The van der Waals surface area contributed by atoms with Crippen molar-refractivity contribution in [3.63, 3.8) is 0 Å². The molecule has 1 N–H and O–H groups in total. The van der Waals surface area contributed by atoms with Gasteiger partial charge in [-0.1, -0.05) is 30.4 Å². The molecule has 114 valence electrons. The standard InChI is InChI=1S/C18H18FNO2/c19-17-6-2-1-5-16(17)9-8-15-10-13-20(14-11-15)12-4-3-7-18(21)22/h1-2,5-6,8-11,13-14H,3-4,7,12H2/p+1/b9-8-. The fourth-order valence-electron chi connectivity index (χ4n) is 2.10. The molecular weight excluding hydrogens is 281 g/mol. The normalized spacial score (nSPS) is 11.0. The molecule has 0 saturated carbocycles. The van der Waals surface area contributed by atoms with Crippen molar-refractivity contribution in [3.05, 3.63) is 65.7 Å². The van der Waals surface area contributed by atoms with E-state index in [0.717, 1.165) is 18.5 Å². The number of carbonyl (C=O) groups is 1. The molecule has 2 aromatic rings. The third-order valence-corrected chi connectivity index (χ3v) is 3.33. The van der Waals surface area contributed by atoms with E-state index in [1.807, 2.05) is 35.2 Å². The highest BCUT2D eigenvalue weighted by Crippen LogP contribution is 2.11. The molecule has 22 heavy (non-hydrogen) atoms. The van der Waals surface area contributed by atoms with E-state index >= 15 is 0 Å². The number of carboxylic acid groups (broad SMARTS) is 1. The highest BCUT2D eigenvalue weighted by molar-refractivity contribution is 5.69. The van der Waals surface area contributed by atoms with Crippen LogP contribution in [0.15, 0.2) is 48.8 Å². The Morgan fingerprint density at radius 3 is 2.50 bits per heavy atom. The smallest absolute Gasteiger partial charge is 0.303 e. The van der Waals surface area contributed by atoms with E-state index in [4.69, 9.17) is 5.11 Å². The van der Waals surface area contributed by atoms with E-state index in [0.29, 0.717) is 12.0 Å². The molecule has 0 bridgehead atoms. The maximum absolute atomic E-state index is 13.5. The predicted octanol–water partition coefficient (Wildman–Crippen LogP) is 3.54. The number of hydrogen-bond donors (Lipinski definition) is 1. The lowest BCUT2D eigenvalue weighted by Crippen LogP contribution is -2.32. The first-order valence-electron chi connectivity index (χ1n) is 7.28. The summed E-state index contributed by atoms with van der Waals surface area (Å²) in [6, 6.07) is 10.6. The van der Waals surface area contributed by atoms with Crippen LogP contribution in [-0.2, 0) is 11.3 Å². The number of aliphatic carboxylic acids is 1. The van der Waals surface area contributed by atoms with Gasteiger partial charge in [-0.15, -0.1) is 0 Å². The number of unbranched alkanes of at least 4 members (excludes halogenated alkanes) is 1. The molecule has 0 fully saturated rings. The van der Waals surface area contributed by atoms with Crippen molar-refractivity contribution in [2.45, 2.75) is 25.8 Å². The van der Waals surface area contributed by atoms with Crippen LogP contribution >= 0.6 is 0 Å². The minimum Gasteiger partial charge on any atom is -0.481 e. The van der Waals surface area contributed by atoms with E-state index in [9.17, 15) is 9.18 Å². The topological polar surface area (TPSA) is 41.2 Å². The molecule has 0 aliphatic rings. The van der Waals surface area contributed by atoms with Crippen LogP contribution in [-0.4, -0.2) is 11.1 Å². The first kappa shape index (κ1) is 15.9. The van der Waals surface area contributed by atoms with Gasteiger partial charge in [-0.25, -0.2) is 8.96 Å². The molecule has 0 aliphatic heterocycles. The fourth-order valence-corrected chi connectivity index (χ4v) is 2.10. The average Bonchev–Trinajstić information content (AvgIpc) is 2.52. The third kappa shape index (κ3) is 5.13. The average molecular weight is 300 g/mol. The Hall–Kier alpha value is -2.49. The molecule has 0 saturated heterocycles. The summed E-state index contributed by atoms with van der Waals surface area (Å²) in [5, 5.41) is 8.58. The fraction of sp³-hybridized carbons (Fsp3) is 0.222. The molecule has 0 atom stereocenters. The summed E-state index contributed by atoms with van der Waals surface area (Å²) in [7, 11) is 0.